The number of halogens is 2. The first kappa shape index (κ1) is 13.2. The number of hydrogen-bond donors (Lipinski definition) is 1. The SMILES string of the molecule is CC(C)Cc1c(-c2cccc(Cl)c2Cl)noc1N. The normalized spacial score (nSPS) is 11.2. The Morgan fingerprint density at radius 1 is 1.33 bits per heavy atom. The van der Waals surface area contributed by atoms with Crippen molar-refractivity contribution in [1.82, 2.24) is 5.16 Å². The molecule has 2 rings (SSSR count). The maximum atomic E-state index is 6.19. The molecule has 0 bridgehead atoms. The predicted molar refractivity (Wildman–Crippen MR) is 74.9 cm³/mol. The number of nitrogens with zero attached hydrogens (tertiary/aromatic N) is 1. The Morgan fingerprint density at radius 2 is 2.06 bits per heavy atom. The van der Waals surface area contributed by atoms with Crippen molar-refractivity contribution in [3.63, 3.8) is 0 Å². The summed E-state index contributed by atoms with van der Waals surface area (Å²) in [6, 6.07) is 5.42. The van der Waals surface area contributed by atoms with Crippen LogP contribution in [0.15, 0.2) is 22.7 Å². The lowest BCUT2D eigenvalue weighted by Gasteiger charge is -2.07. The number of rotatable bonds is 3. The number of aromatic nitrogens is 1. The summed E-state index contributed by atoms with van der Waals surface area (Å²) in [5, 5.41) is 4.96. The molecule has 1 heterocycles. The van der Waals surface area contributed by atoms with Gasteiger partial charge in [0, 0.05) is 11.1 Å². The summed E-state index contributed by atoms with van der Waals surface area (Å²) in [5.74, 6) is 0.790. The van der Waals surface area contributed by atoms with Gasteiger partial charge in [-0.05, 0) is 18.4 Å². The fourth-order valence-electron chi connectivity index (χ4n) is 1.83. The van der Waals surface area contributed by atoms with E-state index in [-0.39, 0.29) is 0 Å². The Balaban J connectivity index is 2.54. The van der Waals surface area contributed by atoms with E-state index in [1.165, 1.54) is 0 Å². The molecule has 0 aliphatic carbocycles. The number of nitrogen functional groups attached to an aromatic ring is 1. The Labute approximate surface area is 116 Å². The Hall–Kier alpha value is -1.19. The summed E-state index contributed by atoms with van der Waals surface area (Å²) in [6.07, 6.45) is 0.785. The van der Waals surface area contributed by atoms with Crippen LogP contribution in [-0.4, -0.2) is 5.16 Å². The molecular formula is C13H14Cl2N2O. The van der Waals surface area contributed by atoms with E-state index in [1.807, 2.05) is 12.1 Å². The molecule has 0 amide bonds. The summed E-state index contributed by atoms with van der Waals surface area (Å²) in [6.45, 7) is 4.21. The summed E-state index contributed by atoms with van der Waals surface area (Å²) < 4.78 is 5.07. The third-order valence-corrected chi connectivity index (χ3v) is 3.46. The molecule has 1 aromatic heterocycles. The van der Waals surface area contributed by atoms with Crippen LogP contribution in [0.2, 0.25) is 10.0 Å². The Morgan fingerprint density at radius 3 is 2.72 bits per heavy atom. The van der Waals surface area contributed by atoms with Crippen LogP contribution in [0, 0.1) is 5.92 Å². The Kier molecular flexibility index (Phi) is 3.83. The topological polar surface area (TPSA) is 52.0 Å². The van der Waals surface area contributed by atoms with Crippen molar-refractivity contribution in [2.75, 3.05) is 5.73 Å². The quantitative estimate of drug-likeness (QED) is 0.907. The van der Waals surface area contributed by atoms with Crippen LogP contribution in [0.4, 0.5) is 5.88 Å². The number of benzene rings is 1. The van der Waals surface area contributed by atoms with E-state index in [1.54, 1.807) is 6.07 Å². The second-order valence-electron chi connectivity index (χ2n) is 4.57. The zero-order valence-corrected chi connectivity index (χ0v) is 11.7. The van der Waals surface area contributed by atoms with Crippen LogP contribution >= 0.6 is 23.2 Å². The Bertz CT molecular complexity index is 564. The van der Waals surface area contributed by atoms with Gasteiger partial charge < -0.3 is 10.3 Å². The van der Waals surface area contributed by atoms with E-state index < -0.39 is 0 Å². The number of hydrogen-bond acceptors (Lipinski definition) is 3. The molecule has 18 heavy (non-hydrogen) atoms. The minimum atomic E-state index is 0.342. The first-order chi connectivity index (χ1) is 8.50. The number of nitrogens with two attached hydrogens (primary N) is 1. The van der Waals surface area contributed by atoms with E-state index in [4.69, 9.17) is 33.5 Å². The highest BCUT2D eigenvalue weighted by molar-refractivity contribution is 6.43. The van der Waals surface area contributed by atoms with E-state index in [0.717, 1.165) is 17.5 Å². The van der Waals surface area contributed by atoms with Gasteiger partial charge in [-0.3, -0.25) is 0 Å². The minimum absolute atomic E-state index is 0.342. The first-order valence-electron chi connectivity index (χ1n) is 5.69. The molecule has 0 unspecified atom stereocenters. The largest absolute Gasteiger partial charge is 0.367 e. The van der Waals surface area contributed by atoms with Crippen molar-refractivity contribution in [3.8, 4) is 11.3 Å². The first-order valence-corrected chi connectivity index (χ1v) is 6.44. The lowest BCUT2D eigenvalue weighted by atomic mass is 9.99. The molecule has 0 aliphatic heterocycles. The molecular weight excluding hydrogens is 271 g/mol. The monoisotopic (exact) mass is 284 g/mol. The molecule has 0 fully saturated rings. The van der Waals surface area contributed by atoms with E-state index >= 15 is 0 Å². The average molecular weight is 285 g/mol. The zero-order chi connectivity index (χ0) is 13.3. The molecule has 0 atom stereocenters. The fourth-order valence-corrected chi connectivity index (χ4v) is 2.22. The van der Waals surface area contributed by atoms with Gasteiger partial charge in [0.2, 0.25) is 5.88 Å². The molecule has 0 saturated carbocycles. The van der Waals surface area contributed by atoms with Crippen LogP contribution in [0.25, 0.3) is 11.3 Å². The van der Waals surface area contributed by atoms with Gasteiger partial charge in [-0.25, -0.2) is 0 Å². The maximum absolute atomic E-state index is 6.19. The molecule has 0 saturated heterocycles. The van der Waals surface area contributed by atoms with Crippen molar-refractivity contribution in [1.29, 1.82) is 0 Å². The molecule has 5 heteroatoms. The molecule has 0 aliphatic rings. The third kappa shape index (κ3) is 2.47. The van der Waals surface area contributed by atoms with Gasteiger partial charge in [-0.15, -0.1) is 0 Å². The summed E-state index contributed by atoms with van der Waals surface area (Å²) in [7, 11) is 0. The highest BCUT2D eigenvalue weighted by Gasteiger charge is 2.19. The molecule has 96 valence electrons. The van der Waals surface area contributed by atoms with Crippen molar-refractivity contribution >= 4 is 29.1 Å². The van der Waals surface area contributed by atoms with E-state index in [0.29, 0.717) is 27.5 Å². The van der Waals surface area contributed by atoms with Gasteiger partial charge >= 0.3 is 0 Å². The molecule has 3 nitrogen and oxygen atoms in total. The lowest BCUT2D eigenvalue weighted by Crippen LogP contribution is -1.98. The third-order valence-electron chi connectivity index (χ3n) is 2.64. The maximum Gasteiger partial charge on any atom is 0.225 e. The fraction of sp³-hybridized carbons (Fsp3) is 0.308. The molecule has 0 radical (unpaired) electrons. The zero-order valence-electron chi connectivity index (χ0n) is 10.2. The second-order valence-corrected chi connectivity index (χ2v) is 5.36. The van der Waals surface area contributed by atoms with Gasteiger partial charge in [0.25, 0.3) is 0 Å². The highest BCUT2D eigenvalue weighted by Crippen LogP contribution is 2.36. The summed E-state index contributed by atoms with van der Waals surface area (Å²) in [5.41, 5.74) is 8.12. The minimum Gasteiger partial charge on any atom is -0.367 e. The molecule has 1 aromatic carbocycles. The smallest absolute Gasteiger partial charge is 0.225 e. The average Bonchev–Trinajstić information content (AvgIpc) is 2.64. The van der Waals surface area contributed by atoms with Crippen molar-refractivity contribution in [3.05, 3.63) is 33.8 Å². The lowest BCUT2D eigenvalue weighted by molar-refractivity contribution is 0.438. The van der Waals surface area contributed by atoms with Gasteiger partial charge in [-0.2, -0.15) is 0 Å². The predicted octanol–water partition coefficient (Wildman–Crippen LogP) is 4.43. The van der Waals surface area contributed by atoms with Crippen molar-refractivity contribution < 1.29 is 4.52 Å². The van der Waals surface area contributed by atoms with Crippen molar-refractivity contribution in [2.45, 2.75) is 20.3 Å². The summed E-state index contributed by atoms with van der Waals surface area (Å²) >= 11 is 12.2. The van der Waals surface area contributed by atoms with Gasteiger partial charge in [-0.1, -0.05) is 54.3 Å². The second kappa shape index (κ2) is 5.21. The van der Waals surface area contributed by atoms with Crippen molar-refractivity contribution in [2.24, 2.45) is 5.92 Å². The van der Waals surface area contributed by atoms with Gasteiger partial charge in [0.15, 0.2) is 0 Å². The standard InChI is InChI=1S/C13H14Cl2N2O/c1-7(2)6-9-12(17-18-13(9)16)8-4-3-5-10(14)11(8)15/h3-5,7H,6,16H2,1-2H3. The highest BCUT2D eigenvalue weighted by atomic mass is 35.5. The van der Waals surface area contributed by atoms with Gasteiger partial charge in [0.05, 0.1) is 10.0 Å². The van der Waals surface area contributed by atoms with Crippen LogP contribution < -0.4 is 5.73 Å². The van der Waals surface area contributed by atoms with Gasteiger partial charge in [0.1, 0.15) is 5.69 Å². The summed E-state index contributed by atoms with van der Waals surface area (Å²) in [4.78, 5) is 0. The van der Waals surface area contributed by atoms with E-state index in [9.17, 15) is 0 Å². The molecule has 2 N–H and O–H groups in total. The van der Waals surface area contributed by atoms with E-state index in [2.05, 4.69) is 19.0 Å². The van der Waals surface area contributed by atoms with Crippen LogP contribution in [0.5, 0.6) is 0 Å². The van der Waals surface area contributed by atoms with Crippen LogP contribution in [0.1, 0.15) is 19.4 Å². The molecule has 0 spiro atoms. The molecule has 2 aromatic rings. The van der Waals surface area contributed by atoms with Crippen LogP contribution in [-0.2, 0) is 6.42 Å². The van der Waals surface area contributed by atoms with Crippen LogP contribution in [0.3, 0.4) is 0 Å². The number of anilines is 1.